The molecule has 0 aromatic heterocycles. The van der Waals surface area contributed by atoms with Crippen LogP contribution in [0, 0.1) is 0 Å². The third-order valence-electron chi connectivity index (χ3n) is 2.76. The molecule has 0 fully saturated rings. The molecule has 2 rings (SSSR count). The predicted octanol–water partition coefficient (Wildman–Crippen LogP) is 4.62. The molecule has 0 radical (unpaired) electrons. The molecular formula is C15H12Cl3NO. The van der Waals surface area contributed by atoms with E-state index in [0.29, 0.717) is 33.6 Å². The summed E-state index contributed by atoms with van der Waals surface area (Å²) in [6, 6.07) is 12.3. The number of carbonyl (C=O) groups excluding carboxylic acids is 1. The van der Waals surface area contributed by atoms with E-state index in [1.807, 2.05) is 24.3 Å². The smallest absolute Gasteiger partial charge is 0.252 e. The Bertz CT molecular complexity index is 628. The number of nitrogens with one attached hydrogen (secondary N) is 1. The first-order chi connectivity index (χ1) is 9.56. The lowest BCUT2D eigenvalue weighted by atomic mass is 10.1. The van der Waals surface area contributed by atoms with Crippen LogP contribution in [0.25, 0.3) is 0 Å². The van der Waals surface area contributed by atoms with Crippen molar-refractivity contribution < 1.29 is 4.79 Å². The Morgan fingerprint density at radius 1 is 1.00 bits per heavy atom. The minimum Gasteiger partial charge on any atom is -0.352 e. The van der Waals surface area contributed by atoms with Crippen LogP contribution in [0.4, 0.5) is 0 Å². The zero-order chi connectivity index (χ0) is 14.5. The maximum Gasteiger partial charge on any atom is 0.252 e. The van der Waals surface area contributed by atoms with Gasteiger partial charge in [-0.15, -0.1) is 0 Å². The Labute approximate surface area is 132 Å². The largest absolute Gasteiger partial charge is 0.352 e. The molecule has 0 aliphatic rings. The van der Waals surface area contributed by atoms with Gasteiger partial charge in [0.1, 0.15) is 0 Å². The molecule has 0 spiro atoms. The van der Waals surface area contributed by atoms with Crippen LogP contribution in [0.1, 0.15) is 15.9 Å². The van der Waals surface area contributed by atoms with E-state index >= 15 is 0 Å². The molecule has 0 unspecified atom stereocenters. The standard InChI is InChI=1S/C15H12Cl3NO/c16-11-3-1-2-10(8-11)6-7-19-15(20)13-5-4-12(17)9-14(13)18/h1-5,8-9H,6-7H2,(H,19,20). The van der Waals surface area contributed by atoms with Crippen LogP contribution in [0.3, 0.4) is 0 Å². The van der Waals surface area contributed by atoms with E-state index in [9.17, 15) is 4.79 Å². The van der Waals surface area contributed by atoms with E-state index in [4.69, 9.17) is 34.8 Å². The van der Waals surface area contributed by atoms with E-state index < -0.39 is 0 Å². The average Bonchev–Trinajstić information content (AvgIpc) is 2.38. The molecule has 2 aromatic rings. The van der Waals surface area contributed by atoms with Crippen LogP contribution in [0.5, 0.6) is 0 Å². The van der Waals surface area contributed by atoms with Crippen molar-refractivity contribution in [1.82, 2.24) is 5.32 Å². The lowest BCUT2D eigenvalue weighted by Crippen LogP contribution is -2.25. The number of rotatable bonds is 4. The number of amides is 1. The summed E-state index contributed by atoms with van der Waals surface area (Å²) in [5.74, 6) is -0.214. The first-order valence-corrected chi connectivity index (χ1v) is 7.17. The van der Waals surface area contributed by atoms with Gasteiger partial charge in [0.05, 0.1) is 10.6 Å². The SMILES string of the molecule is O=C(NCCc1cccc(Cl)c1)c1ccc(Cl)cc1Cl. The summed E-state index contributed by atoms with van der Waals surface area (Å²) in [6.45, 7) is 0.512. The van der Waals surface area contributed by atoms with E-state index in [1.165, 1.54) is 0 Å². The van der Waals surface area contributed by atoms with E-state index in [2.05, 4.69) is 5.32 Å². The lowest BCUT2D eigenvalue weighted by Gasteiger charge is -2.07. The molecule has 1 N–H and O–H groups in total. The molecule has 1 amide bonds. The molecule has 0 aliphatic carbocycles. The topological polar surface area (TPSA) is 29.1 Å². The summed E-state index contributed by atoms with van der Waals surface area (Å²) < 4.78 is 0. The summed E-state index contributed by atoms with van der Waals surface area (Å²) in [6.07, 6.45) is 0.706. The van der Waals surface area contributed by atoms with Crippen molar-refractivity contribution in [1.29, 1.82) is 0 Å². The van der Waals surface area contributed by atoms with Crippen LogP contribution in [0.15, 0.2) is 42.5 Å². The van der Waals surface area contributed by atoms with Gasteiger partial charge in [-0.3, -0.25) is 4.79 Å². The zero-order valence-corrected chi connectivity index (χ0v) is 12.8. The van der Waals surface area contributed by atoms with E-state index in [1.54, 1.807) is 18.2 Å². The number of hydrogen-bond acceptors (Lipinski definition) is 1. The maximum absolute atomic E-state index is 12.0. The van der Waals surface area contributed by atoms with Gasteiger partial charge >= 0.3 is 0 Å². The molecule has 0 aliphatic heterocycles. The molecule has 2 aromatic carbocycles. The van der Waals surface area contributed by atoms with Gasteiger partial charge in [-0.1, -0.05) is 46.9 Å². The number of carbonyl (C=O) groups is 1. The average molecular weight is 329 g/mol. The highest BCUT2D eigenvalue weighted by Crippen LogP contribution is 2.20. The van der Waals surface area contributed by atoms with Crippen molar-refractivity contribution in [3.63, 3.8) is 0 Å². The normalized spacial score (nSPS) is 10.3. The molecular weight excluding hydrogens is 317 g/mol. The van der Waals surface area contributed by atoms with Crippen molar-refractivity contribution in [2.75, 3.05) is 6.54 Å². The minimum atomic E-state index is -0.214. The third-order valence-corrected chi connectivity index (χ3v) is 3.55. The Hall–Kier alpha value is -1.22. The molecule has 5 heteroatoms. The van der Waals surface area contributed by atoms with Crippen LogP contribution in [0.2, 0.25) is 15.1 Å². The van der Waals surface area contributed by atoms with Crippen LogP contribution in [-0.2, 0) is 6.42 Å². The maximum atomic E-state index is 12.0. The molecule has 0 saturated carbocycles. The van der Waals surface area contributed by atoms with Gasteiger partial charge in [0.25, 0.3) is 5.91 Å². The van der Waals surface area contributed by atoms with Crippen LogP contribution >= 0.6 is 34.8 Å². The quantitative estimate of drug-likeness (QED) is 0.872. The van der Waals surface area contributed by atoms with Crippen molar-refractivity contribution in [3.05, 3.63) is 68.7 Å². The number of benzene rings is 2. The summed E-state index contributed by atoms with van der Waals surface area (Å²) in [7, 11) is 0. The summed E-state index contributed by atoms with van der Waals surface area (Å²) in [5, 5.41) is 4.36. The molecule has 2 nitrogen and oxygen atoms in total. The van der Waals surface area contributed by atoms with Gasteiger partial charge in [0.2, 0.25) is 0 Å². The summed E-state index contributed by atoms with van der Waals surface area (Å²) >= 11 is 17.7. The van der Waals surface area contributed by atoms with Gasteiger partial charge in [0.15, 0.2) is 0 Å². The van der Waals surface area contributed by atoms with Gasteiger partial charge in [0, 0.05) is 16.6 Å². The minimum absolute atomic E-state index is 0.214. The first-order valence-electron chi connectivity index (χ1n) is 6.04. The Morgan fingerprint density at radius 2 is 1.75 bits per heavy atom. The highest BCUT2D eigenvalue weighted by molar-refractivity contribution is 6.36. The molecule has 0 saturated heterocycles. The zero-order valence-electron chi connectivity index (χ0n) is 10.5. The lowest BCUT2D eigenvalue weighted by molar-refractivity contribution is 0.0954. The molecule has 20 heavy (non-hydrogen) atoms. The van der Waals surface area contributed by atoms with Crippen LogP contribution in [-0.4, -0.2) is 12.5 Å². The Morgan fingerprint density at radius 3 is 2.45 bits per heavy atom. The van der Waals surface area contributed by atoms with E-state index in [0.717, 1.165) is 5.56 Å². The first kappa shape index (κ1) is 15.2. The van der Waals surface area contributed by atoms with Gasteiger partial charge < -0.3 is 5.32 Å². The highest BCUT2D eigenvalue weighted by Gasteiger charge is 2.09. The number of hydrogen-bond donors (Lipinski definition) is 1. The third kappa shape index (κ3) is 4.14. The van der Waals surface area contributed by atoms with Gasteiger partial charge in [-0.2, -0.15) is 0 Å². The molecule has 0 bridgehead atoms. The predicted molar refractivity (Wildman–Crippen MR) is 84.0 cm³/mol. The molecule has 0 atom stereocenters. The second-order valence-corrected chi connectivity index (χ2v) is 5.54. The van der Waals surface area contributed by atoms with Crippen molar-refractivity contribution >= 4 is 40.7 Å². The fourth-order valence-electron chi connectivity index (χ4n) is 1.78. The molecule has 104 valence electrons. The summed E-state index contributed by atoms with van der Waals surface area (Å²) in [4.78, 5) is 12.0. The van der Waals surface area contributed by atoms with Gasteiger partial charge in [-0.25, -0.2) is 0 Å². The summed E-state index contributed by atoms with van der Waals surface area (Å²) in [5.41, 5.74) is 1.49. The van der Waals surface area contributed by atoms with Crippen LogP contribution < -0.4 is 5.32 Å². The van der Waals surface area contributed by atoms with Crippen molar-refractivity contribution in [2.24, 2.45) is 0 Å². The Balaban J connectivity index is 1.92. The highest BCUT2D eigenvalue weighted by atomic mass is 35.5. The second kappa shape index (κ2) is 6.98. The van der Waals surface area contributed by atoms with E-state index in [-0.39, 0.29) is 5.91 Å². The Kier molecular flexibility index (Phi) is 5.30. The van der Waals surface area contributed by atoms with Crippen molar-refractivity contribution in [3.8, 4) is 0 Å². The fraction of sp³-hybridized carbons (Fsp3) is 0.133. The fourth-order valence-corrected chi connectivity index (χ4v) is 2.49. The number of halogens is 3. The monoisotopic (exact) mass is 327 g/mol. The molecule has 0 heterocycles. The van der Waals surface area contributed by atoms with Gasteiger partial charge in [-0.05, 0) is 42.3 Å². The van der Waals surface area contributed by atoms with Crippen molar-refractivity contribution in [2.45, 2.75) is 6.42 Å². The second-order valence-electron chi connectivity index (χ2n) is 4.26.